The molecule has 92 valence electrons. The predicted octanol–water partition coefficient (Wildman–Crippen LogP) is 0.529. The van der Waals surface area contributed by atoms with Crippen LogP contribution in [0.15, 0.2) is 18.6 Å². The van der Waals surface area contributed by atoms with E-state index in [1.807, 2.05) is 31.0 Å². The van der Waals surface area contributed by atoms with Crippen LogP contribution in [-0.4, -0.2) is 31.3 Å². The molecule has 6 heteroatoms. The zero-order chi connectivity index (χ0) is 12.3. The molecule has 0 amide bonds. The molecule has 0 aromatic carbocycles. The molecule has 0 saturated heterocycles. The second kappa shape index (κ2) is 5.01. The van der Waals surface area contributed by atoms with Gasteiger partial charge in [0.2, 0.25) is 0 Å². The Morgan fingerprint density at radius 1 is 1.35 bits per heavy atom. The molecule has 6 nitrogen and oxygen atoms in total. The van der Waals surface area contributed by atoms with Crippen LogP contribution in [0.5, 0.6) is 0 Å². The predicted molar refractivity (Wildman–Crippen MR) is 64.6 cm³/mol. The smallest absolute Gasteiger partial charge is 0.0729 e. The summed E-state index contributed by atoms with van der Waals surface area (Å²) in [5.41, 5.74) is 3.27. The molecule has 2 aromatic heterocycles. The van der Waals surface area contributed by atoms with E-state index < -0.39 is 0 Å². The second-order valence-corrected chi connectivity index (χ2v) is 3.95. The first-order valence-corrected chi connectivity index (χ1v) is 5.55. The molecule has 2 N–H and O–H groups in total. The van der Waals surface area contributed by atoms with Crippen molar-refractivity contribution >= 4 is 5.69 Å². The van der Waals surface area contributed by atoms with Crippen molar-refractivity contribution in [1.29, 1.82) is 0 Å². The fraction of sp³-hybridized carbons (Fsp3) is 0.455. The fourth-order valence-electron chi connectivity index (χ4n) is 1.59. The minimum atomic E-state index is 0.100. The standard InChI is InChI=1S/C11H17N5O/c1-9-10(6-13-15(9)2)5-12-11-7-14-16(8-11)3-4-17/h6-8,12,17H,3-5H2,1-2H3. The number of rotatable bonds is 5. The first-order valence-electron chi connectivity index (χ1n) is 5.55. The van der Waals surface area contributed by atoms with Gasteiger partial charge in [0.25, 0.3) is 0 Å². The van der Waals surface area contributed by atoms with Crippen molar-refractivity contribution in [2.24, 2.45) is 7.05 Å². The number of aliphatic hydroxyl groups is 1. The summed E-state index contributed by atoms with van der Waals surface area (Å²) < 4.78 is 3.56. The zero-order valence-electron chi connectivity index (χ0n) is 10.1. The lowest BCUT2D eigenvalue weighted by Gasteiger charge is -2.02. The first kappa shape index (κ1) is 11.7. The van der Waals surface area contributed by atoms with Crippen molar-refractivity contribution in [3.8, 4) is 0 Å². The number of hydrogen-bond donors (Lipinski definition) is 2. The quantitative estimate of drug-likeness (QED) is 0.793. The van der Waals surface area contributed by atoms with Gasteiger partial charge in [-0.15, -0.1) is 0 Å². The molecular weight excluding hydrogens is 218 g/mol. The van der Waals surface area contributed by atoms with Crippen LogP contribution >= 0.6 is 0 Å². The van der Waals surface area contributed by atoms with Crippen LogP contribution in [0.25, 0.3) is 0 Å². The van der Waals surface area contributed by atoms with Gasteiger partial charge in [0.1, 0.15) is 0 Å². The average Bonchev–Trinajstić information content (AvgIpc) is 2.87. The second-order valence-electron chi connectivity index (χ2n) is 3.95. The summed E-state index contributed by atoms with van der Waals surface area (Å²) in [7, 11) is 1.93. The van der Waals surface area contributed by atoms with Crippen molar-refractivity contribution in [2.45, 2.75) is 20.0 Å². The van der Waals surface area contributed by atoms with Gasteiger partial charge in [-0.05, 0) is 6.92 Å². The van der Waals surface area contributed by atoms with Crippen LogP contribution in [0.1, 0.15) is 11.3 Å². The highest BCUT2D eigenvalue weighted by Crippen LogP contribution is 2.10. The van der Waals surface area contributed by atoms with Gasteiger partial charge in [-0.2, -0.15) is 10.2 Å². The van der Waals surface area contributed by atoms with E-state index in [-0.39, 0.29) is 6.61 Å². The molecular formula is C11H17N5O. The Kier molecular flexibility index (Phi) is 3.43. The maximum Gasteiger partial charge on any atom is 0.0729 e. The number of nitrogens with zero attached hydrogens (tertiary/aromatic N) is 4. The lowest BCUT2D eigenvalue weighted by molar-refractivity contribution is 0.269. The summed E-state index contributed by atoms with van der Waals surface area (Å²) in [5, 5.41) is 20.4. The molecule has 0 radical (unpaired) electrons. The molecule has 0 atom stereocenters. The molecule has 2 rings (SSSR count). The highest BCUT2D eigenvalue weighted by molar-refractivity contribution is 5.39. The van der Waals surface area contributed by atoms with E-state index in [9.17, 15) is 0 Å². The minimum absolute atomic E-state index is 0.100. The third-order valence-corrected chi connectivity index (χ3v) is 2.78. The Bertz CT molecular complexity index is 488. The molecule has 0 unspecified atom stereocenters. The van der Waals surface area contributed by atoms with Crippen LogP contribution < -0.4 is 5.32 Å². The Hall–Kier alpha value is -1.82. The van der Waals surface area contributed by atoms with Gasteiger partial charge in [0.05, 0.1) is 31.2 Å². The molecule has 0 saturated carbocycles. The summed E-state index contributed by atoms with van der Waals surface area (Å²) in [6.07, 6.45) is 5.49. The molecule has 0 aliphatic carbocycles. The van der Waals surface area contributed by atoms with Crippen LogP contribution in [0.4, 0.5) is 5.69 Å². The summed E-state index contributed by atoms with van der Waals surface area (Å²) in [6, 6.07) is 0. The number of nitrogens with one attached hydrogen (secondary N) is 1. The largest absolute Gasteiger partial charge is 0.394 e. The summed E-state index contributed by atoms with van der Waals surface area (Å²) in [6.45, 7) is 3.39. The van der Waals surface area contributed by atoms with E-state index >= 15 is 0 Å². The van der Waals surface area contributed by atoms with E-state index in [1.54, 1.807) is 10.9 Å². The molecule has 17 heavy (non-hydrogen) atoms. The number of hydrogen-bond acceptors (Lipinski definition) is 4. The topological polar surface area (TPSA) is 67.9 Å². The van der Waals surface area contributed by atoms with E-state index in [2.05, 4.69) is 15.5 Å². The molecule has 2 aromatic rings. The summed E-state index contributed by atoms with van der Waals surface area (Å²) >= 11 is 0. The summed E-state index contributed by atoms with van der Waals surface area (Å²) in [5.74, 6) is 0. The van der Waals surface area contributed by atoms with Crippen molar-refractivity contribution in [3.63, 3.8) is 0 Å². The van der Waals surface area contributed by atoms with Crippen molar-refractivity contribution < 1.29 is 5.11 Å². The van der Waals surface area contributed by atoms with E-state index in [0.717, 1.165) is 17.9 Å². The van der Waals surface area contributed by atoms with Crippen LogP contribution in [0.3, 0.4) is 0 Å². The number of anilines is 1. The van der Waals surface area contributed by atoms with Crippen LogP contribution in [0, 0.1) is 6.92 Å². The molecule has 2 heterocycles. The number of aryl methyl sites for hydroxylation is 1. The first-order chi connectivity index (χ1) is 8.20. The SMILES string of the molecule is Cc1c(CNc2cnn(CCO)c2)cnn1C. The Balaban J connectivity index is 1.95. The van der Waals surface area contributed by atoms with Crippen molar-refractivity contribution in [1.82, 2.24) is 19.6 Å². The molecule has 0 spiro atoms. The third kappa shape index (κ3) is 2.65. The zero-order valence-corrected chi connectivity index (χ0v) is 10.1. The van der Waals surface area contributed by atoms with Crippen LogP contribution in [0.2, 0.25) is 0 Å². The van der Waals surface area contributed by atoms with Crippen molar-refractivity contribution in [2.75, 3.05) is 11.9 Å². The maximum absolute atomic E-state index is 8.78. The normalized spacial score (nSPS) is 10.8. The molecule has 0 aliphatic rings. The Labute approximate surface area is 99.9 Å². The number of aliphatic hydroxyl groups excluding tert-OH is 1. The fourth-order valence-corrected chi connectivity index (χ4v) is 1.59. The van der Waals surface area contributed by atoms with Crippen LogP contribution in [-0.2, 0) is 20.1 Å². The minimum Gasteiger partial charge on any atom is -0.394 e. The van der Waals surface area contributed by atoms with Gasteiger partial charge in [-0.25, -0.2) is 0 Å². The average molecular weight is 235 g/mol. The van der Waals surface area contributed by atoms with Gasteiger partial charge in [0.15, 0.2) is 0 Å². The Morgan fingerprint density at radius 2 is 2.18 bits per heavy atom. The molecule has 0 bridgehead atoms. The van der Waals surface area contributed by atoms with E-state index in [0.29, 0.717) is 6.54 Å². The summed E-state index contributed by atoms with van der Waals surface area (Å²) in [4.78, 5) is 0. The number of aromatic nitrogens is 4. The lowest BCUT2D eigenvalue weighted by atomic mass is 10.2. The van der Waals surface area contributed by atoms with E-state index in [4.69, 9.17) is 5.11 Å². The monoisotopic (exact) mass is 235 g/mol. The third-order valence-electron chi connectivity index (χ3n) is 2.78. The van der Waals surface area contributed by atoms with Gasteiger partial charge in [0, 0.05) is 31.0 Å². The van der Waals surface area contributed by atoms with Crippen molar-refractivity contribution in [3.05, 3.63) is 29.8 Å². The Morgan fingerprint density at radius 3 is 2.82 bits per heavy atom. The highest BCUT2D eigenvalue weighted by Gasteiger charge is 2.04. The van der Waals surface area contributed by atoms with Gasteiger partial charge < -0.3 is 10.4 Å². The van der Waals surface area contributed by atoms with E-state index in [1.165, 1.54) is 5.56 Å². The highest BCUT2D eigenvalue weighted by atomic mass is 16.3. The maximum atomic E-state index is 8.78. The van der Waals surface area contributed by atoms with Gasteiger partial charge in [-0.1, -0.05) is 0 Å². The molecule has 0 aliphatic heterocycles. The lowest BCUT2D eigenvalue weighted by Crippen LogP contribution is -2.02. The molecule has 0 fully saturated rings. The van der Waals surface area contributed by atoms with Gasteiger partial charge >= 0.3 is 0 Å². The van der Waals surface area contributed by atoms with Gasteiger partial charge in [-0.3, -0.25) is 9.36 Å².